The number of rotatable bonds is 1. The zero-order chi connectivity index (χ0) is 7.72. The Morgan fingerprint density at radius 2 is 1.70 bits per heavy atom. The van der Waals surface area contributed by atoms with E-state index in [9.17, 15) is 0 Å². The Bertz CT molecular complexity index is 117. The number of aliphatic hydroxyl groups excluding tert-OH is 4. The molecule has 0 radical (unpaired) electrons. The second-order valence-electron chi connectivity index (χ2n) is 2.23. The summed E-state index contributed by atoms with van der Waals surface area (Å²) in [5.74, 6) is 0. The third kappa shape index (κ3) is 1.14. The summed E-state index contributed by atoms with van der Waals surface area (Å²) < 4.78 is 4.54. The monoisotopic (exact) mass is 151 g/mol. The molecule has 1 aliphatic heterocycles. The van der Waals surface area contributed by atoms with Gasteiger partial charge in [-0.15, -0.1) is 0 Å². The Balaban J connectivity index is 2.53. The van der Waals surface area contributed by atoms with Crippen molar-refractivity contribution in [3.63, 3.8) is 0 Å². The molecule has 1 aliphatic rings. The largest absolute Gasteiger partial charge is 0.394 e. The van der Waals surface area contributed by atoms with Crippen molar-refractivity contribution in [2.24, 2.45) is 0 Å². The highest BCUT2D eigenvalue weighted by Crippen LogP contribution is 2.18. The summed E-state index contributed by atoms with van der Waals surface area (Å²) >= 11 is 0. The summed E-state index contributed by atoms with van der Waals surface area (Å²) in [6.45, 7) is -0.407. The van der Waals surface area contributed by atoms with Crippen LogP contribution in [0.5, 0.6) is 0 Å². The first-order valence-electron chi connectivity index (χ1n) is 2.97. The second kappa shape index (κ2) is 2.81. The third-order valence-corrected chi connectivity index (χ3v) is 1.52. The lowest BCUT2D eigenvalue weighted by Crippen LogP contribution is -2.33. The Morgan fingerprint density at radius 3 is 1.90 bits per heavy atom. The highest BCUT2D eigenvalue weighted by atomic mass is 16.7. The molecule has 1 fully saturated rings. The van der Waals surface area contributed by atoms with E-state index in [2.05, 4.69) is 4.74 Å². The molecule has 0 amide bonds. The average Bonchev–Trinajstić information content (AvgIpc) is 2.17. The van der Waals surface area contributed by atoms with Crippen molar-refractivity contribution in [3.8, 4) is 0 Å². The number of hydrogen-bond donors (Lipinski definition) is 4. The number of ether oxygens (including phenoxy) is 1. The van der Waals surface area contributed by atoms with Crippen LogP contribution in [0.25, 0.3) is 0 Å². The van der Waals surface area contributed by atoms with Gasteiger partial charge in [-0.1, -0.05) is 0 Å². The van der Waals surface area contributed by atoms with Gasteiger partial charge in [-0.2, -0.15) is 0 Å². The lowest BCUT2D eigenvalue weighted by Gasteiger charge is -2.09. The zero-order valence-corrected chi connectivity index (χ0v) is 5.21. The van der Waals surface area contributed by atoms with E-state index in [1.165, 1.54) is 0 Å². The van der Waals surface area contributed by atoms with Gasteiger partial charge in [0.15, 0.2) is 6.29 Å². The first kappa shape index (κ1) is 7.90. The molecule has 0 aromatic carbocycles. The van der Waals surface area contributed by atoms with Gasteiger partial charge in [0, 0.05) is 0 Å². The van der Waals surface area contributed by atoms with Gasteiger partial charge in [-0.3, -0.25) is 0 Å². The maximum absolute atomic E-state index is 8.93. The summed E-state index contributed by atoms with van der Waals surface area (Å²) in [6.07, 6.45) is -4.76. The van der Waals surface area contributed by atoms with Crippen molar-refractivity contribution in [1.29, 1.82) is 0 Å². The van der Waals surface area contributed by atoms with Crippen LogP contribution in [0, 0.1) is 0 Å². The average molecular weight is 151 g/mol. The fourth-order valence-electron chi connectivity index (χ4n) is 0.880. The maximum atomic E-state index is 8.93. The van der Waals surface area contributed by atoms with E-state index < -0.39 is 31.2 Å². The molecule has 5 nitrogen and oxygen atoms in total. The fraction of sp³-hybridized carbons (Fsp3) is 1.00. The molecule has 0 spiro atoms. The van der Waals surface area contributed by atoms with Crippen molar-refractivity contribution < 1.29 is 25.2 Å². The van der Waals surface area contributed by atoms with Crippen molar-refractivity contribution in [2.45, 2.75) is 24.6 Å². The van der Waals surface area contributed by atoms with Gasteiger partial charge >= 0.3 is 0 Å². The van der Waals surface area contributed by atoms with Crippen LogP contribution in [0.1, 0.15) is 0 Å². The van der Waals surface area contributed by atoms with Crippen LogP contribution in [-0.4, -0.2) is 51.6 Å². The third-order valence-electron chi connectivity index (χ3n) is 1.52. The van der Waals surface area contributed by atoms with Crippen molar-refractivity contribution >= 4 is 0 Å². The molecule has 10 heavy (non-hydrogen) atoms. The molecular weight excluding hydrogens is 141 g/mol. The van der Waals surface area contributed by atoms with Gasteiger partial charge in [0.05, 0.1) is 6.61 Å². The first-order chi connectivity index (χ1) is 4.66. The minimum atomic E-state index is -1.38. The summed E-state index contributed by atoms with van der Waals surface area (Å²) in [7, 11) is 0. The van der Waals surface area contributed by atoms with E-state index in [4.69, 9.17) is 20.4 Å². The van der Waals surface area contributed by atoms with E-state index in [-0.39, 0.29) is 0 Å². The quantitative estimate of drug-likeness (QED) is 0.309. The van der Waals surface area contributed by atoms with Crippen molar-refractivity contribution in [1.82, 2.24) is 0 Å². The normalized spacial score (nSPS) is 48.0. The summed E-state index contributed by atoms with van der Waals surface area (Å²) in [4.78, 5) is 0. The molecule has 60 valence electrons. The maximum Gasteiger partial charge on any atom is 0.184 e. The number of hydrogen-bond acceptors (Lipinski definition) is 5. The summed E-state index contributed by atoms with van der Waals surface area (Å²) in [5, 5.41) is 35.0. The van der Waals surface area contributed by atoms with Gasteiger partial charge in [0.2, 0.25) is 0 Å². The lowest BCUT2D eigenvalue weighted by atomic mass is 10.2. The van der Waals surface area contributed by atoms with Gasteiger partial charge < -0.3 is 25.2 Å². The van der Waals surface area contributed by atoms with Gasteiger partial charge in [0.1, 0.15) is 18.3 Å². The molecule has 0 bridgehead atoms. The molecule has 1 rings (SSSR count). The smallest absolute Gasteiger partial charge is 0.184 e. The van der Waals surface area contributed by atoms with Gasteiger partial charge in [-0.25, -0.2) is 0 Å². The molecule has 4 atom stereocenters. The predicted octanol–water partition coefficient (Wildman–Crippen LogP) is -2.58. The van der Waals surface area contributed by atoms with Crippen LogP contribution in [0.2, 0.25) is 0 Å². The molecule has 1 heterocycles. The van der Waals surface area contributed by atoms with Crippen LogP contribution < -0.4 is 0 Å². The molecule has 0 aromatic heterocycles. The zero-order valence-electron chi connectivity index (χ0n) is 5.21. The minimum Gasteiger partial charge on any atom is -0.394 e. The highest BCUT2D eigenvalue weighted by Gasteiger charge is 2.41. The Hall–Kier alpha value is -0.200. The van der Waals surface area contributed by atoms with E-state index in [0.717, 1.165) is 0 Å². The Kier molecular flexibility index (Phi) is 2.22. The standard InChI is InChI=1S/C5H10O5/c6-1-2-3(7)4(8)5(9)10-2/h2-9H,1H2/t2-,3-,4-,5?/m1/s1/i1+1. The summed E-state index contributed by atoms with van der Waals surface area (Å²) in [5.41, 5.74) is 0. The topological polar surface area (TPSA) is 90.2 Å². The Morgan fingerprint density at radius 1 is 1.10 bits per heavy atom. The first-order valence-corrected chi connectivity index (χ1v) is 2.97. The minimum absolute atomic E-state index is 0.407. The van der Waals surface area contributed by atoms with Crippen LogP contribution in [0.15, 0.2) is 0 Å². The molecule has 1 saturated heterocycles. The van der Waals surface area contributed by atoms with Crippen LogP contribution in [0.4, 0.5) is 0 Å². The molecule has 1 unspecified atom stereocenters. The van der Waals surface area contributed by atoms with Crippen LogP contribution in [-0.2, 0) is 4.74 Å². The molecule has 0 aromatic rings. The second-order valence-corrected chi connectivity index (χ2v) is 2.23. The van der Waals surface area contributed by atoms with E-state index in [0.29, 0.717) is 0 Å². The molecule has 4 N–H and O–H groups in total. The Labute approximate surface area is 57.5 Å². The molecule has 0 saturated carbocycles. The summed E-state index contributed by atoms with van der Waals surface area (Å²) in [6, 6.07) is 0. The highest BCUT2D eigenvalue weighted by molar-refractivity contribution is 4.84. The molecule has 5 heteroatoms. The fourth-order valence-corrected chi connectivity index (χ4v) is 0.880. The van der Waals surface area contributed by atoms with E-state index in [1.54, 1.807) is 0 Å². The predicted molar refractivity (Wildman–Crippen MR) is 30.0 cm³/mol. The SMILES string of the molecule is O[13CH2][C@H]1OC(O)[C@H](O)[C@@H]1O. The van der Waals surface area contributed by atoms with Gasteiger partial charge in [-0.05, 0) is 0 Å². The van der Waals surface area contributed by atoms with Crippen molar-refractivity contribution in [2.75, 3.05) is 6.61 Å². The molecular formula is C5H10O5. The van der Waals surface area contributed by atoms with Crippen LogP contribution in [0.3, 0.4) is 0 Å². The van der Waals surface area contributed by atoms with Crippen LogP contribution >= 0.6 is 0 Å². The van der Waals surface area contributed by atoms with E-state index in [1.807, 2.05) is 0 Å². The van der Waals surface area contributed by atoms with Crippen molar-refractivity contribution in [3.05, 3.63) is 0 Å². The number of aliphatic hydroxyl groups is 4. The van der Waals surface area contributed by atoms with E-state index >= 15 is 0 Å². The molecule has 0 aliphatic carbocycles. The van der Waals surface area contributed by atoms with Gasteiger partial charge in [0.25, 0.3) is 0 Å². The lowest BCUT2D eigenvalue weighted by molar-refractivity contribution is -0.132.